The van der Waals surface area contributed by atoms with Gasteiger partial charge in [-0.2, -0.15) is 0 Å². The Kier molecular flexibility index (Phi) is 12.3. The molecule has 0 radical (unpaired) electrons. The molecule has 1 saturated heterocycles. The monoisotopic (exact) mass is 1300 g/mol. The number of hydrogen-bond donors (Lipinski definition) is 1. The molecule has 1 aliphatic heterocycles. The molecule has 1 fully saturated rings. The Labute approximate surface area is 95.4 Å². The third-order valence-corrected chi connectivity index (χ3v) is 2.51. The van der Waals surface area contributed by atoms with E-state index in [1.165, 1.54) is 0 Å². The Morgan fingerprint density at radius 3 is 1.50 bits per heavy atom. The first kappa shape index (κ1) is 24.8. The Bertz CT molecular complexity index is 196. The molecule has 104 valence electrons. The van der Waals surface area contributed by atoms with Crippen molar-refractivity contribution < 1.29 is 28.8 Å². The van der Waals surface area contributed by atoms with Crippen molar-refractivity contribution in [1.82, 2.24) is 0 Å². The maximum Gasteiger partial charge on any atom is 0.155 e. The molecule has 0 bridgehead atoms. The molecule has 0 amide bonds. The topological polar surface area (TPSA) is 66.4 Å². The van der Waals surface area contributed by atoms with Crippen LogP contribution in [0.2, 0.25) is 0 Å². The molecule has 1 aliphatic rings. The summed E-state index contributed by atoms with van der Waals surface area (Å²) >= 11 is 0. The molecule has 0 aliphatic carbocycles. The van der Waals surface area contributed by atoms with Crippen molar-refractivity contribution >= 4 is 0 Å². The van der Waals surface area contributed by atoms with Gasteiger partial charge in [0.25, 0.3) is 0 Å². The van der Waals surface area contributed by atoms with Crippen LogP contribution in [-0.2, 0) is 23.7 Å². The number of aliphatic hydroxyl groups is 1. The standard InChI is InChI=1S/C10H16O6.4Rf/c1-12-7-6(5-11)16-10(15-4)9(14-3)8(7)13-2;;;;/h6-11H,1-5H2;;;;/q-4;;;;. The molecule has 0 saturated carbocycles. The van der Waals surface area contributed by atoms with Crippen LogP contribution in [0.3, 0.4) is 0 Å². The fraction of sp³-hybridized carbons (Fsp3) is 0.600. The van der Waals surface area contributed by atoms with E-state index < -0.39 is 30.7 Å². The van der Waals surface area contributed by atoms with E-state index in [1.807, 2.05) is 0 Å². The van der Waals surface area contributed by atoms with Gasteiger partial charge in [0.2, 0.25) is 0 Å². The third kappa shape index (κ3) is 3.38. The number of ether oxygens (including phenoxy) is 5. The van der Waals surface area contributed by atoms with Crippen molar-refractivity contribution in [2.24, 2.45) is 0 Å². The van der Waals surface area contributed by atoms with E-state index >= 15 is 0 Å². The second kappa shape index (κ2) is 9.95. The van der Waals surface area contributed by atoms with E-state index in [-0.39, 0.29) is 6.61 Å². The zero-order valence-electron chi connectivity index (χ0n) is 11.7. The molecule has 0 aromatic heterocycles. The number of hydrogen-bond acceptors (Lipinski definition) is 6. The summed E-state index contributed by atoms with van der Waals surface area (Å²) in [4.78, 5) is 0. The van der Waals surface area contributed by atoms with Crippen molar-refractivity contribution in [3.8, 4) is 0 Å². The molecule has 5 atom stereocenters. The van der Waals surface area contributed by atoms with E-state index in [0.717, 1.165) is 0 Å². The molecule has 1 rings (SSSR count). The second-order valence-electron chi connectivity index (χ2n) is 3.29. The van der Waals surface area contributed by atoms with Crippen LogP contribution < -0.4 is 0 Å². The van der Waals surface area contributed by atoms with Gasteiger partial charge in [-0.15, -0.1) is 0 Å². The fourth-order valence-corrected chi connectivity index (χ4v) is 1.73. The van der Waals surface area contributed by atoms with Crippen molar-refractivity contribution in [2.45, 2.75) is 30.7 Å². The van der Waals surface area contributed by atoms with Gasteiger partial charge in [-0.1, -0.05) is 0 Å². The maximum atomic E-state index is 9.14. The number of aliphatic hydroxyl groups excluding tert-OH is 1. The molecule has 0 aromatic rings. The Balaban J connectivity index is -0.000000320. The Morgan fingerprint density at radius 1 is 0.750 bits per heavy atom. The van der Waals surface area contributed by atoms with Crippen LogP contribution in [0.5, 0.6) is 0 Å². The largest absolute Gasteiger partial charge is 0.549 e. The summed E-state index contributed by atoms with van der Waals surface area (Å²) in [5, 5.41) is 9.14. The maximum absolute atomic E-state index is 9.14. The van der Waals surface area contributed by atoms with E-state index in [0.29, 0.717) is 0 Å². The summed E-state index contributed by atoms with van der Waals surface area (Å²) in [6, 6.07) is 0. The number of rotatable bonds is 5. The van der Waals surface area contributed by atoms with Crippen LogP contribution in [0.15, 0.2) is 0 Å². The van der Waals surface area contributed by atoms with Gasteiger partial charge in [-0.3, -0.25) is 0 Å². The van der Waals surface area contributed by atoms with Gasteiger partial charge in [0.05, 0.1) is 24.9 Å². The minimum atomic E-state index is -0.812. The Hall–Kier alpha value is -4.24. The summed E-state index contributed by atoms with van der Waals surface area (Å²) < 4.78 is 25.0. The van der Waals surface area contributed by atoms with Gasteiger partial charge in [-0.05, 0) is 0 Å². The van der Waals surface area contributed by atoms with E-state index in [9.17, 15) is 0 Å². The third-order valence-electron chi connectivity index (χ3n) is 2.51. The minimum Gasteiger partial charge on any atom is -0.549 e. The predicted molar refractivity (Wildman–Crippen MR) is 52.9 cm³/mol. The molecule has 1 heterocycles. The minimum absolute atomic E-state index is 0. The van der Waals surface area contributed by atoms with Crippen LogP contribution in [0.1, 0.15) is 0 Å². The first-order valence-electron chi connectivity index (χ1n) is 4.63. The van der Waals surface area contributed by atoms with Crippen molar-refractivity contribution in [1.29, 1.82) is 0 Å². The Morgan fingerprint density at radius 2 is 1.20 bits per heavy atom. The van der Waals surface area contributed by atoms with Crippen molar-refractivity contribution in [3.63, 3.8) is 0 Å². The summed E-state index contributed by atoms with van der Waals surface area (Å²) in [6.07, 6.45) is -3.37. The predicted octanol–water partition coefficient (Wildman–Crippen LogP) is 0.0422. The molecule has 1 N–H and O–H groups in total. The van der Waals surface area contributed by atoms with E-state index in [2.05, 4.69) is 28.4 Å². The van der Waals surface area contributed by atoms with Crippen LogP contribution in [0, 0.1) is 28.4 Å². The first-order valence-corrected chi connectivity index (χ1v) is 4.63. The average Bonchev–Trinajstić information content (AvgIpc) is 2.35. The quantitative estimate of drug-likeness (QED) is 0.394. The molecular weight excluding hydrogens is 1280 g/mol. The molecule has 6 nitrogen and oxygen atoms in total. The van der Waals surface area contributed by atoms with Gasteiger partial charge in [0.15, 0.2) is 6.29 Å². The van der Waals surface area contributed by atoms with Gasteiger partial charge in [-0.25, -0.2) is 28.4 Å². The zero-order chi connectivity index (χ0) is 12.1. The average molecular weight is 1300 g/mol. The normalized spacial score (nSPS) is 31.9. The van der Waals surface area contributed by atoms with Gasteiger partial charge < -0.3 is 28.8 Å². The van der Waals surface area contributed by atoms with Gasteiger partial charge >= 0.3 is 0 Å². The summed E-state index contributed by atoms with van der Waals surface area (Å²) in [5.74, 6) is 0. The smallest absolute Gasteiger partial charge is 0.155 e. The molecular formula is C10H16O6Rf4-4. The molecule has 10 heteroatoms. The fourth-order valence-electron chi connectivity index (χ4n) is 1.73. The van der Waals surface area contributed by atoms with E-state index in [4.69, 9.17) is 28.8 Å². The zero-order valence-corrected chi connectivity index (χ0v) is 37.3. The molecule has 0 spiro atoms. The van der Waals surface area contributed by atoms with Crippen molar-refractivity contribution in [3.05, 3.63) is 28.4 Å². The second-order valence-corrected chi connectivity index (χ2v) is 3.29. The van der Waals surface area contributed by atoms with Gasteiger partial charge in [0, 0.05) is 0 Å². The molecule has 0 aromatic carbocycles. The summed E-state index contributed by atoms with van der Waals surface area (Å²) in [7, 11) is 13.1. The SMILES string of the molecule is [CH2-]OC1OC(CO)C(O[CH2-])C(O[CH2-])C1O[CH2-].[Rf].[Rf].[Rf].[Rf]. The molecule has 5 unspecified atom stereocenters. The van der Waals surface area contributed by atoms with Crippen LogP contribution in [0.25, 0.3) is 0 Å². The first-order chi connectivity index (χ1) is 7.73. The van der Waals surface area contributed by atoms with E-state index in [1.54, 1.807) is 0 Å². The summed E-state index contributed by atoms with van der Waals surface area (Å²) in [6.45, 7) is -0.274. The van der Waals surface area contributed by atoms with Gasteiger partial charge in [0.1, 0.15) is 6.10 Å². The van der Waals surface area contributed by atoms with Crippen molar-refractivity contribution in [2.75, 3.05) is 6.61 Å². The summed E-state index contributed by atoms with van der Waals surface area (Å²) in [5.41, 5.74) is 0. The van der Waals surface area contributed by atoms with Crippen LogP contribution >= 0.6 is 0 Å². The molecule has 20 heavy (non-hydrogen) atoms. The van der Waals surface area contributed by atoms with Crippen LogP contribution in [-0.4, -0.2) is 42.4 Å². The van der Waals surface area contributed by atoms with Crippen LogP contribution in [0.4, 0.5) is 0 Å².